The van der Waals surface area contributed by atoms with Gasteiger partial charge >= 0.3 is 11.6 Å². The highest BCUT2D eigenvalue weighted by atomic mass is 16.5. The topological polar surface area (TPSA) is 85.6 Å². The van der Waals surface area contributed by atoms with Crippen LogP contribution in [0.1, 0.15) is 39.0 Å². The van der Waals surface area contributed by atoms with Crippen LogP contribution >= 0.6 is 0 Å². The molecule has 6 heteroatoms. The molecule has 0 atom stereocenters. The van der Waals surface area contributed by atoms with E-state index in [0.29, 0.717) is 29.7 Å². The molecule has 1 aromatic heterocycles. The van der Waals surface area contributed by atoms with Crippen LogP contribution in [0, 0.1) is 13.8 Å². The SMILES string of the molecule is COC(=O)c1ccc(CNC(=O)CCc2c(C)c3ccc(C)cc3oc2=O)cc1. The van der Waals surface area contributed by atoms with Crippen LogP contribution in [0.5, 0.6) is 0 Å². The molecule has 2 aromatic carbocycles. The standard InChI is InChI=1S/C23H23NO5/c1-14-4-9-18-15(2)19(23(27)29-20(18)12-14)10-11-21(25)24-13-16-5-7-17(8-6-16)22(26)28-3/h4-9,12H,10-11,13H2,1-3H3,(H,24,25). The Hall–Kier alpha value is -3.41. The summed E-state index contributed by atoms with van der Waals surface area (Å²) in [6.07, 6.45) is 0.494. The van der Waals surface area contributed by atoms with E-state index in [4.69, 9.17) is 4.42 Å². The molecule has 150 valence electrons. The van der Waals surface area contributed by atoms with Gasteiger partial charge in [-0.3, -0.25) is 4.79 Å². The number of carbonyl (C=O) groups is 2. The van der Waals surface area contributed by atoms with E-state index in [2.05, 4.69) is 10.1 Å². The maximum absolute atomic E-state index is 12.3. The van der Waals surface area contributed by atoms with Crippen LogP contribution in [-0.4, -0.2) is 19.0 Å². The van der Waals surface area contributed by atoms with Crippen LogP contribution in [0.25, 0.3) is 11.0 Å². The molecular formula is C23H23NO5. The number of carbonyl (C=O) groups excluding carboxylic acids is 2. The fourth-order valence-electron chi connectivity index (χ4n) is 3.19. The molecule has 0 saturated heterocycles. The van der Waals surface area contributed by atoms with Crippen molar-refractivity contribution in [1.82, 2.24) is 5.32 Å². The largest absolute Gasteiger partial charge is 0.465 e. The first-order chi connectivity index (χ1) is 13.9. The second-order valence-electron chi connectivity index (χ2n) is 6.96. The molecule has 6 nitrogen and oxygen atoms in total. The van der Waals surface area contributed by atoms with Crippen molar-refractivity contribution in [3.8, 4) is 0 Å². The van der Waals surface area contributed by atoms with Crippen molar-refractivity contribution in [2.45, 2.75) is 33.2 Å². The zero-order chi connectivity index (χ0) is 21.0. The summed E-state index contributed by atoms with van der Waals surface area (Å²) in [4.78, 5) is 36.0. The van der Waals surface area contributed by atoms with Crippen LogP contribution in [0.15, 0.2) is 51.7 Å². The molecule has 29 heavy (non-hydrogen) atoms. The van der Waals surface area contributed by atoms with E-state index in [-0.39, 0.29) is 12.3 Å². The summed E-state index contributed by atoms with van der Waals surface area (Å²) in [5.41, 5.74) is 3.88. The monoisotopic (exact) mass is 393 g/mol. The lowest BCUT2D eigenvalue weighted by molar-refractivity contribution is -0.121. The van der Waals surface area contributed by atoms with Gasteiger partial charge in [0.1, 0.15) is 5.58 Å². The minimum absolute atomic E-state index is 0.162. The normalized spacial score (nSPS) is 10.7. The second-order valence-corrected chi connectivity index (χ2v) is 6.96. The van der Waals surface area contributed by atoms with Gasteiger partial charge in [-0.2, -0.15) is 0 Å². The number of amides is 1. The second kappa shape index (κ2) is 8.73. The Labute approximate surface area is 168 Å². The van der Waals surface area contributed by atoms with Crippen molar-refractivity contribution in [2.75, 3.05) is 7.11 Å². The summed E-state index contributed by atoms with van der Waals surface area (Å²) in [6, 6.07) is 12.6. The first kappa shape index (κ1) is 20.3. The van der Waals surface area contributed by atoms with E-state index in [1.54, 1.807) is 24.3 Å². The Bertz CT molecular complexity index is 1110. The van der Waals surface area contributed by atoms with Crippen LogP contribution in [0.4, 0.5) is 0 Å². The fourth-order valence-corrected chi connectivity index (χ4v) is 3.19. The van der Waals surface area contributed by atoms with Crippen molar-refractivity contribution in [2.24, 2.45) is 0 Å². The highest BCUT2D eigenvalue weighted by Gasteiger charge is 2.13. The molecule has 1 amide bonds. The first-order valence-electron chi connectivity index (χ1n) is 9.36. The van der Waals surface area contributed by atoms with Gasteiger partial charge in [-0.05, 0) is 55.2 Å². The average Bonchev–Trinajstić information content (AvgIpc) is 2.71. The quantitative estimate of drug-likeness (QED) is 0.512. The predicted octanol–water partition coefficient (Wildman–Crippen LogP) is 3.45. The Morgan fingerprint density at radius 2 is 1.79 bits per heavy atom. The third-order valence-corrected chi connectivity index (χ3v) is 4.91. The van der Waals surface area contributed by atoms with E-state index in [9.17, 15) is 14.4 Å². The number of fused-ring (bicyclic) bond motifs is 1. The molecular weight excluding hydrogens is 370 g/mol. The molecule has 0 aliphatic carbocycles. The number of ether oxygens (including phenoxy) is 1. The van der Waals surface area contributed by atoms with Crippen LogP contribution in [0.3, 0.4) is 0 Å². The molecule has 0 fully saturated rings. The van der Waals surface area contributed by atoms with Gasteiger partial charge in [-0.1, -0.05) is 24.3 Å². The summed E-state index contributed by atoms with van der Waals surface area (Å²) in [5, 5.41) is 3.71. The number of aryl methyl sites for hydroxylation is 2. The third kappa shape index (κ3) is 4.71. The van der Waals surface area contributed by atoms with E-state index in [1.807, 2.05) is 32.0 Å². The number of benzene rings is 2. The molecule has 0 aliphatic heterocycles. The molecule has 0 bridgehead atoms. The maximum atomic E-state index is 12.3. The van der Waals surface area contributed by atoms with Crippen molar-refractivity contribution in [3.05, 3.63) is 80.7 Å². The Kier molecular flexibility index (Phi) is 6.12. The predicted molar refractivity (Wildman–Crippen MR) is 110 cm³/mol. The van der Waals surface area contributed by atoms with Gasteiger partial charge in [0.05, 0.1) is 12.7 Å². The number of hydrogen-bond donors (Lipinski definition) is 1. The fraction of sp³-hybridized carbons (Fsp3) is 0.261. The zero-order valence-electron chi connectivity index (χ0n) is 16.7. The molecule has 0 saturated carbocycles. The lowest BCUT2D eigenvalue weighted by atomic mass is 10.0. The lowest BCUT2D eigenvalue weighted by Crippen LogP contribution is -2.24. The number of methoxy groups -OCH3 is 1. The minimum Gasteiger partial charge on any atom is -0.465 e. The zero-order valence-corrected chi connectivity index (χ0v) is 16.7. The van der Waals surface area contributed by atoms with Crippen LogP contribution < -0.4 is 10.9 Å². The van der Waals surface area contributed by atoms with E-state index in [1.165, 1.54) is 7.11 Å². The number of hydrogen-bond acceptors (Lipinski definition) is 5. The average molecular weight is 393 g/mol. The van der Waals surface area contributed by atoms with Gasteiger partial charge < -0.3 is 14.5 Å². The smallest absolute Gasteiger partial charge is 0.339 e. The molecule has 3 rings (SSSR count). The van der Waals surface area contributed by atoms with Gasteiger partial charge in [0.25, 0.3) is 0 Å². The van der Waals surface area contributed by atoms with E-state index in [0.717, 1.165) is 22.1 Å². The van der Waals surface area contributed by atoms with Crippen molar-refractivity contribution >= 4 is 22.8 Å². The molecule has 0 radical (unpaired) electrons. The maximum Gasteiger partial charge on any atom is 0.339 e. The molecule has 1 N–H and O–H groups in total. The highest BCUT2D eigenvalue weighted by molar-refractivity contribution is 5.89. The highest BCUT2D eigenvalue weighted by Crippen LogP contribution is 2.21. The summed E-state index contributed by atoms with van der Waals surface area (Å²) in [5.74, 6) is -0.565. The molecule has 1 heterocycles. The van der Waals surface area contributed by atoms with Gasteiger partial charge in [0.2, 0.25) is 5.91 Å². The van der Waals surface area contributed by atoms with Crippen molar-refractivity contribution in [3.63, 3.8) is 0 Å². The Balaban J connectivity index is 1.61. The summed E-state index contributed by atoms with van der Waals surface area (Å²) in [6.45, 7) is 4.16. The third-order valence-electron chi connectivity index (χ3n) is 4.91. The van der Waals surface area contributed by atoms with E-state index >= 15 is 0 Å². The van der Waals surface area contributed by atoms with Gasteiger partial charge in [-0.15, -0.1) is 0 Å². The van der Waals surface area contributed by atoms with Crippen LogP contribution in [-0.2, 0) is 22.5 Å². The molecule has 0 unspecified atom stereocenters. The minimum atomic E-state index is -0.402. The number of rotatable bonds is 6. The van der Waals surface area contributed by atoms with Crippen LogP contribution in [0.2, 0.25) is 0 Å². The molecule has 3 aromatic rings. The Morgan fingerprint density at radius 1 is 1.07 bits per heavy atom. The summed E-state index contributed by atoms with van der Waals surface area (Å²) < 4.78 is 10.1. The molecule has 0 spiro atoms. The van der Waals surface area contributed by atoms with Crippen molar-refractivity contribution < 1.29 is 18.7 Å². The summed E-state index contributed by atoms with van der Waals surface area (Å²) >= 11 is 0. The van der Waals surface area contributed by atoms with Gasteiger partial charge in [-0.25, -0.2) is 9.59 Å². The van der Waals surface area contributed by atoms with Gasteiger partial charge in [0, 0.05) is 23.9 Å². The number of esters is 1. The summed E-state index contributed by atoms with van der Waals surface area (Å²) in [7, 11) is 1.33. The lowest BCUT2D eigenvalue weighted by Gasteiger charge is -2.09. The van der Waals surface area contributed by atoms with E-state index < -0.39 is 11.6 Å². The number of nitrogens with one attached hydrogen (secondary N) is 1. The van der Waals surface area contributed by atoms with Crippen molar-refractivity contribution in [1.29, 1.82) is 0 Å². The van der Waals surface area contributed by atoms with Gasteiger partial charge in [0.15, 0.2) is 0 Å². The Morgan fingerprint density at radius 3 is 2.48 bits per heavy atom. The molecule has 0 aliphatic rings. The first-order valence-corrected chi connectivity index (χ1v) is 9.36.